The van der Waals surface area contributed by atoms with Gasteiger partial charge < -0.3 is 8.01 Å². The molecule has 2 aliphatic heterocycles. The molecule has 4 aliphatic rings. The van der Waals surface area contributed by atoms with Crippen LogP contribution in [0.3, 0.4) is 0 Å². The van der Waals surface area contributed by atoms with E-state index in [4.69, 9.17) is 0 Å². The lowest BCUT2D eigenvalue weighted by molar-refractivity contribution is 0.502. The van der Waals surface area contributed by atoms with E-state index in [9.17, 15) is 0 Å². The number of nitrogens with zero attached hydrogens (tertiary/aromatic N) is 2. The zero-order valence-corrected chi connectivity index (χ0v) is 29.3. The second-order valence-corrected chi connectivity index (χ2v) is 18.0. The fraction of sp³-hybridized carbons (Fsp3) is 0.175. The summed E-state index contributed by atoms with van der Waals surface area (Å²) in [5.41, 5.74) is 12.3. The number of fused-ring (bicyclic) bond motifs is 3. The van der Waals surface area contributed by atoms with Gasteiger partial charge >= 0.3 is 0 Å². The molecule has 0 saturated carbocycles. The minimum absolute atomic E-state index is 0.206. The van der Waals surface area contributed by atoms with Crippen LogP contribution in [0.15, 0.2) is 153 Å². The average Bonchev–Trinajstić information content (AvgIpc) is 3.38. The maximum Gasteiger partial charge on any atom is 0.0801 e. The molecule has 0 amide bonds. The lowest BCUT2D eigenvalue weighted by Gasteiger charge is -2.29. The highest BCUT2D eigenvalue weighted by Crippen LogP contribution is 2.48. The molecule has 0 fully saturated rings. The number of halogens is 1. The van der Waals surface area contributed by atoms with Gasteiger partial charge in [-0.1, -0.05) is 108 Å². The molecule has 2 heterocycles. The summed E-state index contributed by atoms with van der Waals surface area (Å²) in [5.74, 6) is 0.694. The molecule has 224 valence electrons. The molecule has 4 aromatic carbocycles. The highest BCUT2D eigenvalue weighted by Gasteiger charge is 2.26. The number of allylic oxidation sites excluding steroid dienone is 6. The Kier molecular flexibility index (Phi) is 8.10. The van der Waals surface area contributed by atoms with Crippen LogP contribution in [0.5, 0.6) is 0 Å². The molecule has 0 radical (unpaired) electrons. The predicted octanol–water partition coefficient (Wildman–Crippen LogP) is 11.6. The molecule has 0 spiro atoms. The third-order valence-corrected chi connectivity index (χ3v) is 14.3. The van der Waals surface area contributed by atoms with Gasteiger partial charge in [-0.2, -0.15) is 0 Å². The summed E-state index contributed by atoms with van der Waals surface area (Å²) in [6, 6.07) is 35.3. The Bertz CT molecular complexity index is 1940. The summed E-state index contributed by atoms with van der Waals surface area (Å²) in [6.45, 7) is 0. The highest BCUT2D eigenvalue weighted by atomic mass is 127. The van der Waals surface area contributed by atoms with E-state index in [1.165, 1.54) is 87.3 Å². The molecule has 1 atom stereocenters. The van der Waals surface area contributed by atoms with Crippen molar-refractivity contribution in [3.05, 3.63) is 143 Å². The maximum absolute atomic E-state index is 2.53. The Morgan fingerprint density at radius 1 is 0.667 bits per heavy atom. The largest absolute Gasteiger partial charge is 0.338 e. The normalized spacial score (nSPS) is 20.9. The number of hydrogen-bond donors (Lipinski definition) is 0. The van der Waals surface area contributed by atoms with E-state index in [0.717, 1.165) is 6.42 Å². The van der Waals surface area contributed by atoms with Gasteiger partial charge in [0.2, 0.25) is 0 Å². The SMILES string of the molecule is CN1I=C(/C=C2/C=C3C=C(/C=C4\Sc5cc(-c6ccccc6)ccc5N4C)CCC3CC2)Sc2cc(-c3ccccc3)ccc21. The van der Waals surface area contributed by atoms with Crippen molar-refractivity contribution in [1.29, 1.82) is 0 Å². The molecule has 2 nitrogen and oxygen atoms in total. The fourth-order valence-electron chi connectivity index (χ4n) is 6.66. The van der Waals surface area contributed by atoms with Gasteiger partial charge in [0, 0.05) is 44.9 Å². The van der Waals surface area contributed by atoms with Gasteiger partial charge in [-0.05, 0) is 107 Å². The zero-order valence-electron chi connectivity index (χ0n) is 25.5. The van der Waals surface area contributed by atoms with Gasteiger partial charge in [-0.3, -0.25) is 0 Å². The van der Waals surface area contributed by atoms with Gasteiger partial charge in [-0.25, -0.2) is 0 Å². The first-order chi connectivity index (χ1) is 22.1. The number of anilines is 2. The quantitative estimate of drug-likeness (QED) is 0.152. The zero-order chi connectivity index (χ0) is 30.3. The Morgan fingerprint density at radius 3 is 2.02 bits per heavy atom. The molecule has 1 unspecified atom stereocenters. The second kappa shape index (κ2) is 12.5. The van der Waals surface area contributed by atoms with E-state index < -0.39 is 0 Å². The molecule has 45 heavy (non-hydrogen) atoms. The minimum Gasteiger partial charge on any atom is -0.338 e. The number of benzene rings is 4. The first-order valence-corrected chi connectivity index (χ1v) is 19.3. The molecule has 0 N–H and O–H groups in total. The monoisotopic (exact) mass is 734 g/mol. The van der Waals surface area contributed by atoms with Crippen molar-refractivity contribution in [1.82, 2.24) is 0 Å². The van der Waals surface area contributed by atoms with Crippen molar-refractivity contribution < 1.29 is 0 Å². The third kappa shape index (κ3) is 6.02. The molecule has 8 rings (SSSR count). The molecule has 0 saturated heterocycles. The standard InChI is InChI=1S/C40H35IN2S2/c1-42-35-19-17-32(29-9-5-3-6-10-29)25-37(35)45-40(42)24-28-14-16-31-15-13-27(21-34(31)22-28)23-39-41-43(2)36-20-18-33(26-38(36)44-39)30-11-7-4-8-12-30/h3-12,17-26,31H,13-16H2,1-2H3/b27-23+,40-24-. The summed E-state index contributed by atoms with van der Waals surface area (Å²) >= 11 is 3.69. The molecule has 5 heteroatoms. The van der Waals surface area contributed by atoms with Crippen LogP contribution in [0.25, 0.3) is 22.3 Å². The van der Waals surface area contributed by atoms with Gasteiger partial charge in [0.25, 0.3) is 0 Å². The molecular weight excluding hydrogens is 699 g/mol. The van der Waals surface area contributed by atoms with Gasteiger partial charge in [0.15, 0.2) is 0 Å². The van der Waals surface area contributed by atoms with Gasteiger partial charge in [0.1, 0.15) is 0 Å². The lowest BCUT2D eigenvalue weighted by atomic mass is 9.77. The minimum atomic E-state index is -0.206. The van der Waals surface area contributed by atoms with Crippen LogP contribution in [0.4, 0.5) is 11.4 Å². The van der Waals surface area contributed by atoms with Gasteiger partial charge in [-0.15, -0.1) is 0 Å². The summed E-state index contributed by atoms with van der Waals surface area (Å²) in [6.07, 6.45) is 14.9. The maximum atomic E-state index is 2.53. The molecule has 0 aromatic heterocycles. The summed E-state index contributed by atoms with van der Waals surface area (Å²) < 4.78 is 4.05. The third-order valence-electron chi connectivity index (χ3n) is 9.14. The van der Waals surface area contributed by atoms with Crippen molar-refractivity contribution in [2.24, 2.45) is 5.92 Å². The first kappa shape index (κ1) is 29.2. The van der Waals surface area contributed by atoms with Crippen molar-refractivity contribution >= 4 is 58.7 Å². The van der Waals surface area contributed by atoms with Crippen LogP contribution < -0.4 is 8.01 Å². The number of thioether (sulfide) groups is 2. The molecule has 4 aromatic rings. The molecular formula is C40H35IN2S2. The Morgan fingerprint density at radius 2 is 1.31 bits per heavy atom. The van der Waals surface area contributed by atoms with Crippen LogP contribution in [0.1, 0.15) is 25.7 Å². The fourth-order valence-corrected chi connectivity index (χ4v) is 12.6. The van der Waals surface area contributed by atoms with Crippen molar-refractivity contribution in [3.63, 3.8) is 0 Å². The summed E-state index contributed by atoms with van der Waals surface area (Å²) in [5, 5.41) is 1.32. The summed E-state index contributed by atoms with van der Waals surface area (Å²) in [7, 11) is 4.48. The van der Waals surface area contributed by atoms with E-state index in [2.05, 4.69) is 143 Å². The van der Waals surface area contributed by atoms with Crippen LogP contribution in [0, 0.1) is 5.92 Å². The molecule has 0 bridgehead atoms. The number of hydrogen-bond acceptors (Lipinski definition) is 4. The van der Waals surface area contributed by atoms with Crippen LogP contribution >= 0.6 is 44.5 Å². The van der Waals surface area contributed by atoms with Crippen molar-refractivity contribution in [2.45, 2.75) is 35.5 Å². The Hall–Kier alpha value is -3.26. The summed E-state index contributed by atoms with van der Waals surface area (Å²) in [4.78, 5) is 5.08. The predicted molar refractivity (Wildman–Crippen MR) is 206 cm³/mol. The average molecular weight is 735 g/mol. The highest BCUT2D eigenvalue weighted by molar-refractivity contribution is 14.2. The smallest absolute Gasteiger partial charge is 0.0801 e. The molecule has 2 aliphatic carbocycles. The Labute approximate surface area is 285 Å². The van der Waals surface area contributed by atoms with Crippen LogP contribution in [0.2, 0.25) is 0 Å². The van der Waals surface area contributed by atoms with E-state index in [1.807, 2.05) is 23.5 Å². The second-order valence-electron chi connectivity index (χ2n) is 12.1. The Balaban J connectivity index is 1.02. The van der Waals surface area contributed by atoms with E-state index in [1.54, 1.807) is 0 Å². The van der Waals surface area contributed by atoms with Gasteiger partial charge in [0.05, 0.1) is 19.2 Å². The van der Waals surface area contributed by atoms with Crippen molar-refractivity contribution in [3.8, 4) is 22.3 Å². The number of rotatable bonds is 4. The van der Waals surface area contributed by atoms with Crippen LogP contribution in [-0.2, 0) is 0 Å². The topological polar surface area (TPSA) is 6.48 Å². The van der Waals surface area contributed by atoms with Crippen molar-refractivity contribution in [2.75, 3.05) is 22.1 Å². The van der Waals surface area contributed by atoms with E-state index >= 15 is 0 Å². The first-order valence-electron chi connectivity index (χ1n) is 15.7. The van der Waals surface area contributed by atoms with E-state index in [0.29, 0.717) is 5.92 Å². The lowest BCUT2D eigenvalue weighted by Crippen LogP contribution is -2.15. The van der Waals surface area contributed by atoms with E-state index in [-0.39, 0.29) is 21.0 Å². The van der Waals surface area contributed by atoms with Crippen LogP contribution in [-0.4, -0.2) is 16.9 Å².